The largest absolute Gasteiger partial charge is 0.231 e. The molecule has 92 valence electrons. The third-order valence-corrected chi connectivity index (χ3v) is 2.90. The maximum absolute atomic E-state index is 12.9. The van der Waals surface area contributed by atoms with Crippen LogP contribution in [0.4, 0.5) is 4.39 Å². The van der Waals surface area contributed by atoms with Crippen molar-refractivity contribution in [3.63, 3.8) is 0 Å². The van der Waals surface area contributed by atoms with Crippen LogP contribution >= 0.6 is 0 Å². The molecular formula is C14H9FN4. The molecule has 3 aromatic rings. The Morgan fingerprint density at radius 2 is 1.89 bits per heavy atom. The minimum absolute atomic E-state index is 0.291. The molecule has 0 spiro atoms. The lowest BCUT2D eigenvalue weighted by atomic mass is 10.1. The third kappa shape index (κ3) is 1.83. The van der Waals surface area contributed by atoms with Crippen LogP contribution in [0.1, 0.15) is 11.4 Å². The van der Waals surface area contributed by atoms with E-state index in [-0.39, 0.29) is 5.82 Å². The predicted molar refractivity (Wildman–Crippen MR) is 67.8 cm³/mol. The summed E-state index contributed by atoms with van der Waals surface area (Å²) >= 11 is 0. The number of imidazole rings is 1. The van der Waals surface area contributed by atoms with Gasteiger partial charge in [-0.05, 0) is 43.3 Å². The minimum Gasteiger partial charge on any atom is -0.231 e. The summed E-state index contributed by atoms with van der Waals surface area (Å²) in [6.07, 6.45) is 0. The smallest absolute Gasteiger partial charge is 0.165 e. The molecule has 0 saturated heterocycles. The van der Waals surface area contributed by atoms with Crippen LogP contribution in [0.5, 0.6) is 0 Å². The highest BCUT2D eigenvalue weighted by Gasteiger charge is 2.10. The van der Waals surface area contributed by atoms with Crippen molar-refractivity contribution in [3.8, 4) is 17.3 Å². The summed E-state index contributed by atoms with van der Waals surface area (Å²) in [4.78, 5) is 4.25. The average molecular weight is 252 g/mol. The fourth-order valence-electron chi connectivity index (χ4n) is 1.95. The van der Waals surface area contributed by atoms with Crippen molar-refractivity contribution in [3.05, 3.63) is 53.6 Å². The molecule has 0 fully saturated rings. The van der Waals surface area contributed by atoms with Gasteiger partial charge in [0.1, 0.15) is 11.9 Å². The summed E-state index contributed by atoms with van der Waals surface area (Å²) in [7, 11) is 0. The molecule has 5 heteroatoms. The molecule has 2 aromatic heterocycles. The summed E-state index contributed by atoms with van der Waals surface area (Å²) in [6, 6.07) is 11.7. The van der Waals surface area contributed by atoms with Crippen LogP contribution in [-0.2, 0) is 0 Å². The lowest BCUT2D eigenvalue weighted by molar-refractivity contribution is 0.628. The van der Waals surface area contributed by atoms with Crippen molar-refractivity contribution < 1.29 is 4.39 Å². The maximum Gasteiger partial charge on any atom is 0.165 e. The molecule has 1 aromatic carbocycles. The van der Waals surface area contributed by atoms with E-state index in [1.165, 1.54) is 16.6 Å². The molecule has 19 heavy (non-hydrogen) atoms. The molecule has 3 rings (SSSR count). The van der Waals surface area contributed by atoms with Crippen LogP contribution in [0, 0.1) is 24.1 Å². The second kappa shape index (κ2) is 4.18. The standard InChI is InChI=1S/C14H9FN4/c1-9-13(8-16)19-14(17-9)7-6-12(18-19)10-2-4-11(15)5-3-10/h2-7H,1H3. The Labute approximate surface area is 108 Å². The second-order valence-electron chi connectivity index (χ2n) is 4.15. The van der Waals surface area contributed by atoms with E-state index in [1.54, 1.807) is 31.2 Å². The quantitative estimate of drug-likeness (QED) is 0.669. The van der Waals surface area contributed by atoms with Gasteiger partial charge in [0.25, 0.3) is 0 Å². The van der Waals surface area contributed by atoms with Gasteiger partial charge in [-0.25, -0.2) is 13.9 Å². The fraction of sp³-hybridized carbons (Fsp3) is 0.0714. The first kappa shape index (κ1) is 11.4. The van der Waals surface area contributed by atoms with Gasteiger partial charge in [-0.1, -0.05) is 0 Å². The minimum atomic E-state index is -0.291. The maximum atomic E-state index is 12.9. The van der Waals surface area contributed by atoms with Gasteiger partial charge >= 0.3 is 0 Å². The van der Waals surface area contributed by atoms with E-state index >= 15 is 0 Å². The first-order chi connectivity index (χ1) is 9.19. The third-order valence-electron chi connectivity index (χ3n) is 2.90. The number of rotatable bonds is 1. The van der Waals surface area contributed by atoms with Gasteiger partial charge in [0, 0.05) is 5.56 Å². The molecule has 0 aliphatic rings. The van der Waals surface area contributed by atoms with E-state index in [1.807, 2.05) is 0 Å². The Hall–Kier alpha value is -2.74. The normalized spacial score (nSPS) is 10.6. The zero-order valence-electron chi connectivity index (χ0n) is 10.1. The SMILES string of the molecule is Cc1nc2ccc(-c3ccc(F)cc3)nn2c1C#N. The van der Waals surface area contributed by atoms with Gasteiger partial charge in [0.05, 0.1) is 11.4 Å². The Morgan fingerprint density at radius 3 is 2.58 bits per heavy atom. The predicted octanol–water partition coefficient (Wildman–Crippen LogP) is 2.72. The molecule has 4 nitrogen and oxygen atoms in total. The molecular weight excluding hydrogens is 243 g/mol. The summed E-state index contributed by atoms with van der Waals surface area (Å²) in [5.41, 5.74) is 3.14. The topological polar surface area (TPSA) is 54.0 Å². The van der Waals surface area contributed by atoms with E-state index in [2.05, 4.69) is 16.2 Å². The van der Waals surface area contributed by atoms with Crippen molar-refractivity contribution in [2.24, 2.45) is 0 Å². The van der Waals surface area contributed by atoms with Crippen molar-refractivity contribution in [2.45, 2.75) is 6.92 Å². The molecule has 2 heterocycles. The number of aryl methyl sites for hydroxylation is 1. The van der Waals surface area contributed by atoms with Crippen LogP contribution in [0.3, 0.4) is 0 Å². The van der Waals surface area contributed by atoms with E-state index in [4.69, 9.17) is 5.26 Å². The Morgan fingerprint density at radius 1 is 1.16 bits per heavy atom. The Kier molecular flexibility index (Phi) is 2.50. The number of halogens is 1. The second-order valence-corrected chi connectivity index (χ2v) is 4.15. The van der Waals surface area contributed by atoms with E-state index < -0.39 is 0 Å². The summed E-state index contributed by atoms with van der Waals surface area (Å²) in [6.45, 7) is 1.77. The van der Waals surface area contributed by atoms with Crippen molar-refractivity contribution in [1.29, 1.82) is 5.26 Å². The highest BCUT2D eigenvalue weighted by Crippen LogP contribution is 2.19. The molecule has 0 aliphatic carbocycles. The number of nitrogens with zero attached hydrogens (tertiary/aromatic N) is 4. The van der Waals surface area contributed by atoms with Crippen LogP contribution in [-0.4, -0.2) is 14.6 Å². The van der Waals surface area contributed by atoms with Crippen molar-refractivity contribution in [2.75, 3.05) is 0 Å². The lowest BCUT2D eigenvalue weighted by Crippen LogP contribution is -1.97. The molecule has 0 aliphatic heterocycles. The highest BCUT2D eigenvalue weighted by molar-refractivity contribution is 5.60. The zero-order chi connectivity index (χ0) is 13.4. The molecule has 0 N–H and O–H groups in total. The van der Waals surface area contributed by atoms with Crippen LogP contribution < -0.4 is 0 Å². The first-order valence-corrected chi connectivity index (χ1v) is 5.71. The van der Waals surface area contributed by atoms with Crippen LogP contribution in [0.2, 0.25) is 0 Å². The molecule has 0 atom stereocenters. The van der Waals surface area contributed by atoms with E-state index in [9.17, 15) is 4.39 Å². The first-order valence-electron chi connectivity index (χ1n) is 5.71. The number of benzene rings is 1. The van der Waals surface area contributed by atoms with E-state index in [0.717, 1.165) is 5.56 Å². The number of aromatic nitrogens is 3. The number of hydrogen-bond acceptors (Lipinski definition) is 3. The van der Waals surface area contributed by atoms with Gasteiger partial charge in [-0.2, -0.15) is 10.4 Å². The molecule has 0 bridgehead atoms. The monoisotopic (exact) mass is 252 g/mol. The number of hydrogen-bond donors (Lipinski definition) is 0. The number of nitriles is 1. The van der Waals surface area contributed by atoms with Gasteiger partial charge in [-0.15, -0.1) is 0 Å². The molecule has 0 radical (unpaired) electrons. The molecule has 0 unspecified atom stereocenters. The Balaban J connectivity index is 2.21. The van der Waals surface area contributed by atoms with Crippen LogP contribution in [0.15, 0.2) is 36.4 Å². The highest BCUT2D eigenvalue weighted by atomic mass is 19.1. The molecule has 0 saturated carbocycles. The van der Waals surface area contributed by atoms with Gasteiger partial charge in [0.15, 0.2) is 11.3 Å². The lowest BCUT2D eigenvalue weighted by Gasteiger charge is -2.01. The summed E-state index contributed by atoms with van der Waals surface area (Å²) in [5, 5.41) is 13.5. The summed E-state index contributed by atoms with van der Waals surface area (Å²) in [5.74, 6) is -0.291. The zero-order valence-corrected chi connectivity index (χ0v) is 10.1. The molecule has 0 amide bonds. The van der Waals surface area contributed by atoms with Gasteiger partial charge < -0.3 is 0 Å². The van der Waals surface area contributed by atoms with Crippen LogP contribution in [0.25, 0.3) is 16.9 Å². The van der Waals surface area contributed by atoms with Crippen molar-refractivity contribution >= 4 is 5.65 Å². The van der Waals surface area contributed by atoms with Crippen molar-refractivity contribution in [1.82, 2.24) is 14.6 Å². The van der Waals surface area contributed by atoms with Gasteiger partial charge in [0.2, 0.25) is 0 Å². The fourth-order valence-corrected chi connectivity index (χ4v) is 1.95. The Bertz CT molecular complexity index is 797. The van der Waals surface area contributed by atoms with E-state index in [0.29, 0.717) is 22.7 Å². The number of fused-ring (bicyclic) bond motifs is 1. The van der Waals surface area contributed by atoms with Gasteiger partial charge in [-0.3, -0.25) is 0 Å². The summed E-state index contributed by atoms with van der Waals surface area (Å²) < 4.78 is 14.4. The average Bonchev–Trinajstić information content (AvgIpc) is 2.74.